The molecule has 4 aromatic rings. The lowest BCUT2D eigenvalue weighted by atomic mass is 10.0. The summed E-state index contributed by atoms with van der Waals surface area (Å²) in [6.45, 7) is 0.702. The second kappa shape index (κ2) is 8.77. The molecule has 0 bridgehead atoms. The third-order valence-corrected chi connectivity index (χ3v) is 6.23. The van der Waals surface area contributed by atoms with E-state index in [1.807, 2.05) is 36.5 Å². The second-order valence-corrected chi connectivity index (χ2v) is 8.66. The van der Waals surface area contributed by atoms with E-state index in [0.29, 0.717) is 28.4 Å². The molecule has 3 aromatic carbocycles. The summed E-state index contributed by atoms with van der Waals surface area (Å²) >= 11 is 12.0. The minimum Gasteiger partial charge on any atom is -0.370 e. The number of amides is 1. The van der Waals surface area contributed by atoms with Gasteiger partial charge in [0.2, 0.25) is 0 Å². The number of ketones is 1. The molecule has 0 fully saturated rings. The number of para-hydroxylation sites is 1. The Hall–Kier alpha value is -3.54. The third kappa shape index (κ3) is 4.25. The monoisotopic (exact) mass is 475 g/mol. The van der Waals surface area contributed by atoms with Crippen molar-refractivity contribution in [3.05, 3.63) is 117 Å². The number of aromatic nitrogens is 1. The fraction of sp³-hybridized carbons (Fsp3) is 0.0769. The van der Waals surface area contributed by atoms with Crippen LogP contribution in [0.5, 0.6) is 0 Å². The fourth-order valence-corrected chi connectivity index (χ4v) is 4.50. The Balaban J connectivity index is 1.37. The van der Waals surface area contributed by atoms with Crippen LogP contribution in [0, 0.1) is 0 Å². The first-order chi connectivity index (χ1) is 16.0. The van der Waals surface area contributed by atoms with Crippen molar-refractivity contribution in [2.45, 2.75) is 12.6 Å². The molecule has 1 aromatic heterocycles. The molecule has 1 unspecified atom stereocenters. The molecule has 7 heteroatoms. The van der Waals surface area contributed by atoms with Crippen LogP contribution >= 0.6 is 23.2 Å². The highest BCUT2D eigenvalue weighted by Gasteiger charge is 2.28. The van der Waals surface area contributed by atoms with E-state index in [2.05, 4.69) is 21.3 Å². The minimum atomic E-state index is -0.517. The van der Waals surface area contributed by atoms with Crippen molar-refractivity contribution in [3.63, 3.8) is 0 Å². The number of fused-ring (bicyclic) bond motifs is 2. The Labute approximate surface area is 201 Å². The van der Waals surface area contributed by atoms with E-state index in [1.165, 1.54) is 6.07 Å². The zero-order valence-electron chi connectivity index (χ0n) is 17.4. The van der Waals surface area contributed by atoms with Crippen LogP contribution in [0.3, 0.4) is 0 Å². The Bertz CT molecular complexity index is 1360. The highest BCUT2D eigenvalue weighted by atomic mass is 35.5. The molecule has 0 spiro atoms. The highest BCUT2D eigenvalue weighted by Crippen LogP contribution is 2.31. The highest BCUT2D eigenvalue weighted by molar-refractivity contribution is 6.37. The number of hydrogen-bond donors (Lipinski definition) is 2. The van der Waals surface area contributed by atoms with Crippen LogP contribution in [-0.4, -0.2) is 16.3 Å². The molecule has 2 N–H and O–H groups in total. The van der Waals surface area contributed by atoms with Gasteiger partial charge in [0.25, 0.3) is 5.91 Å². The summed E-state index contributed by atoms with van der Waals surface area (Å²) in [6.07, 6.45) is 1.99. The number of hydrogen-bond acceptors (Lipinski definition) is 3. The number of nitrogens with one attached hydrogen (secondary N) is 2. The number of Topliss-reactive ketones (excluding diaryl/α,β-unsaturated/α-hetero) is 1. The molecule has 1 aliphatic rings. The van der Waals surface area contributed by atoms with E-state index in [-0.39, 0.29) is 16.7 Å². The number of anilines is 2. The molecule has 1 amide bonds. The average molecular weight is 476 g/mol. The van der Waals surface area contributed by atoms with Crippen LogP contribution in [0.15, 0.2) is 85.1 Å². The van der Waals surface area contributed by atoms with Crippen LogP contribution < -0.4 is 10.6 Å². The lowest BCUT2D eigenvalue weighted by molar-refractivity contribution is 0.0966. The van der Waals surface area contributed by atoms with E-state index in [9.17, 15) is 9.59 Å². The number of benzene rings is 3. The van der Waals surface area contributed by atoms with Gasteiger partial charge in [-0.05, 0) is 66.2 Å². The Morgan fingerprint density at radius 3 is 2.52 bits per heavy atom. The molecular weight excluding hydrogens is 457 g/mol. The summed E-state index contributed by atoms with van der Waals surface area (Å²) in [7, 11) is 0. The van der Waals surface area contributed by atoms with Crippen molar-refractivity contribution >= 4 is 46.3 Å². The van der Waals surface area contributed by atoms with Gasteiger partial charge in [-0.15, -0.1) is 0 Å². The SMILES string of the molecule is O=C(Nc1ccc(C(=O)C2Nc3ccccc3Cn3cccc32)cc1)c1ccc(Cl)cc1Cl. The normalized spacial score (nSPS) is 14.4. The Morgan fingerprint density at radius 1 is 0.939 bits per heavy atom. The molecule has 0 radical (unpaired) electrons. The number of rotatable bonds is 4. The molecule has 1 atom stereocenters. The van der Waals surface area contributed by atoms with Gasteiger partial charge in [-0.25, -0.2) is 0 Å². The van der Waals surface area contributed by atoms with Crippen molar-refractivity contribution in [3.8, 4) is 0 Å². The Morgan fingerprint density at radius 2 is 1.73 bits per heavy atom. The van der Waals surface area contributed by atoms with Crippen molar-refractivity contribution in [2.75, 3.05) is 10.6 Å². The zero-order valence-corrected chi connectivity index (χ0v) is 18.9. The standard InChI is InChI=1S/C26H19Cl2N3O2/c27-18-9-12-20(21(28)14-18)26(33)29-19-10-7-16(8-11-19)25(32)24-23-6-3-13-31(23)15-17-4-1-2-5-22(17)30-24/h1-14,24,30H,15H2,(H,29,33). The van der Waals surface area contributed by atoms with Gasteiger partial charge in [0.05, 0.1) is 10.6 Å². The van der Waals surface area contributed by atoms with Gasteiger partial charge in [0.15, 0.2) is 5.78 Å². The second-order valence-electron chi connectivity index (χ2n) is 7.82. The molecule has 2 heterocycles. The first kappa shape index (κ1) is 21.3. The van der Waals surface area contributed by atoms with E-state index in [0.717, 1.165) is 16.9 Å². The lowest BCUT2D eigenvalue weighted by Crippen LogP contribution is -2.22. The number of nitrogens with zero attached hydrogens (tertiary/aromatic N) is 1. The molecule has 1 aliphatic heterocycles. The van der Waals surface area contributed by atoms with Crippen molar-refractivity contribution < 1.29 is 9.59 Å². The summed E-state index contributed by atoms with van der Waals surface area (Å²) < 4.78 is 2.09. The van der Waals surface area contributed by atoms with Crippen molar-refractivity contribution in [2.24, 2.45) is 0 Å². The van der Waals surface area contributed by atoms with Crippen molar-refractivity contribution in [1.29, 1.82) is 0 Å². The van der Waals surface area contributed by atoms with Crippen LogP contribution in [0.2, 0.25) is 10.0 Å². The van der Waals surface area contributed by atoms with Gasteiger partial charge >= 0.3 is 0 Å². The van der Waals surface area contributed by atoms with Crippen LogP contribution in [0.1, 0.15) is 38.0 Å². The van der Waals surface area contributed by atoms with Crippen molar-refractivity contribution in [1.82, 2.24) is 4.57 Å². The maximum absolute atomic E-state index is 13.5. The molecule has 0 aliphatic carbocycles. The van der Waals surface area contributed by atoms with Gasteiger partial charge in [0.1, 0.15) is 6.04 Å². The predicted molar refractivity (Wildman–Crippen MR) is 132 cm³/mol. The summed E-state index contributed by atoms with van der Waals surface area (Å²) in [6, 6.07) is 22.9. The summed E-state index contributed by atoms with van der Waals surface area (Å²) in [5.74, 6) is -0.402. The van der Waals surface area contributed by atoms with Gasteiger partial charge < -0.3 is 15.2 Å². The van der Waals surface area contributed by atoms with E-state index < -0.39 is 6.04 Å². The smallest absolute Gasteiger partial charge is 0.257 e. The summed E-state index contributed by atoms with van der Waals surface area (Å²) in [5.41, 5.74) is 4.41. The molecule has 164 valence electrons. The molecule has 5 nitrogen and oxygen atoms in total. The number of halogens is 2. The molecule has 33 heavy (non-hydrogen) atoms. The van der Waals surface area contributed by atoms with E-state index in [1.54, 1.807) is 36.4 Å². The first-order valence-electron chi connectivity index (χ1n) is 10.4. The maximum atomic E-state index is 13.5. The van der Waals surface area contributed by atoms with E-state index >= 15 is 0 Å². The summed E-state index contributed by atoms with van der Waals surface area (Å²) in [5, 5.41) is 6.95. The minimum absolute atomic E-state index is 0.0507. The number of carbonyl (C=O) groups excluding carboxylic acids is 2. The van der Waals surface area contributed by atoms with Gasteiger partial charge in [-0.3, -0.25) is 9.59 Å². The Kier molecular flexibility index (Phi) is 5.67. The predicted octanol–water partition coefficient (Wildman–Crippen LogP) is 6.45. The molecule has 5 rings (SSSR count). The number of carbonyl (C=O) groups is 2. The molecule has 0 saturated heterocycles. The maximum Gasteiger partial charge on any atom is 0.257 e. The van der Waals surface area contributed by atoms with Crippen LogP contribution in [0.4, 0.5) is 11.4 Å². The average Bonchev–Trinajstić information content (AvgIpc) is 3.20. The van der Waals surface area contributed by atoms with Crippen LogP contribution in [-0.2, 0) is 6.54 Å². The zero-order chi connectivity index (χ0) is 22.9. The van der Waals surface area contributed by atoms with Crippen LogP contribution in [0.25, 0.3) is 0 Å². The largest absolute Gasteiger partial charge is 0.370 e. The van der Waals surface area contributed by atoms with Gasteiger partial charge in [-0.1, -0.05) is 41.4 Å². The van der Waals surface area contributed by atoms with Gasteiger partial charge in [-0.2, -0.15) is 0 Å². The van der Waals surface area contributed by atoms with E-state index in [4.69, 9.17) is 23.2 Å². The topological polar surface area (TPSA) is 63.1 Å². The fourth-order valence-electron chi connectivity index (χ4n) is 4.00. The third-order valence-electron chi connectivity index (χ3n) is 5.68. The first-order valence-corrected chi connectivity index (χ1v) is 11.2. The molecule has 0 saturated carbocycles. The van der Waals surface area contributed by atoms with Gasteiger partial charge in [0, 0.05) is 40.4 Å². The quantitative estimate of drug-likeness (QED) is 0.333. The molecular formula is C26H19Cl2N3O2. The summed E-state index contributed by atoms with van der Waals surface area (Å²) in [4.78, 5) is 26.0. The lowest BCUT2D eigenvalue weighted by Gasteiger charge is -2.18.